The van der Waals surface area contributed by atoms with Crippen LogP contribution in [0, 0.1) is 0 Å². The van der Waals surface area contributed by atoms with Crippen LogP contribution in [0.5, 0.6) is 0 Å². The molecule has 0 radical (unpaired) electrons. The van der Waals surface area contributed by atoms with Crippen molar-refractivity contribution < 1.29 is 14.4 Å². The fourth-order valence-corrected chi connectivity index (χ4v) is 2.38. The highest BCUT2D eigenvalue weighted by Gasteiger charge is 2.38. The van der Waals surface area contributed by atoms with Gasteiger partial charge < -0.3 is 10.1 Å². The van der Waals surface area contributed by atoms with Gasteiger partial charge in [-0.3, -0.25) is 9.63 Å². The van der Waals surface area contributed by atoms with Gasteiger partial charge in [-0.15, -0.1) is 0 Å². The van der Waals surface area contributed by atoms with Crippen LogP contribution in [0.25, 0.3) is 0 Å². The number of hydrogen-bond donors (Lipinski definition) is 2. The quantitative estimate of drug-likeness (QED) is 0.618. The van der Waals surface area contributed by atoms with E-state index in [2.05, 4.69) is 10.8 Å². The molecule has 5 nitrogen and oxygen atoms in total. The van der Waals surface area contributed by atoms with Gasteiger partial charge in [-0.05, 0) is 32.3 Å². The van der Waals surface area contributed by atoms with Crippen LogP contribution in [0.1, 0.15) is 32.3 Å². The number of carbonyl (C=O) groups excluding carboxylic acids is 1. The maximum atomic E-state index is 11.9. The molecule has 0 aromatic heterocycles. The molecule has 1 aliphatic rings. The molecule has 116 valence electrons. The van der Waals surface area contributed by atoms with Crippen LogP contribution < -0.4 is 10.8 Å². The molecule has 1 aromatic carbocycles. The second-order valence-corrected chi connectivity index (χ2v) is 5.56. The Labute approximate surface area is 126 Å². The number of hydrogen-bond acceptors (Lipinski definition) is 5. The van der Waals surface area contributed by atoms with E-state index in [1.54, 1.807) is 0 Å². The highest BCUT2D eigenvalue weighted by Crippen LogP contribution is 2.20. The van der Waals surface area contributed by atoms with Crippen LogP contribution in [0.3, 0.4) is 0 Å². The molecule has 0 aliphatic carbocycles. The number of benzene rings is 1. The molecule has 0 bridgehead atoms. The second-order valence-electron chi connectivity index (χ2n) is 5.56. The van der Waals surface area contributed by atoms with Crippen LogP contribution in [0.15, 0.2) is 30.3 Å². The summed E-state index contributed by atoms with van der Waals surface area (Å²) in [6, 6.07) is 10.2. The summed E-state index contributed by atoms with van der Waals surface area (Å²) in [4.78, 5) is 17.4. The van der Waals surface area contributed by atoms with Gasteiger partial charge in [-0.2, -0.15) is 5.48 Å². The van der Waals surface area contributed by atoms with Gasteiger partial charge in [-0.1, -0.05) is 30.3 Å². The van der Waals surface area contributed by atoms with Crippen LogP contribution in [-0.2, 0) is 21.0 Å². The lowest BCUT2D eigenvalue weighted by atomic mass is 9.89. The Morgan fingerprint density at radius 1 is 1.43 bits per heavy atom. The van der Waals surface area contributed by atoms with Crippen LogP contribution in [0.2, 0.25) is 0 Å². The molecule has 2 rings (SSSR count). The van der Waals surface area contributed by atoms with Crippen molar-refractivity contribution in [2.24, 2.45) is 0 Å². The SMILES string of the molecule is CCOC(=O)[C@]1(C)CC[C@@H](NOCc2ccccc2)CN1. The first-order valence-corrected chi connectivity index (χ1v) is 7.47. The normalized spacial score (nSPS) is 25.5. The van der Waals surface area contributed by atoms with Crippen LogP contribution in [-0.4, -0.2) is 30.7 Å². The smallest absolute Gasteiger partial charge is 0.326 e. The predicted molar refractivity (Wildman–Crippen MR) is 80.4 cm³/mol. The number of rotatable bonds is 6. The number of nitrogens with one attached hydrogen (secondary N) is 2. The number of piperidine rings is 1. The minimum absolute atomic E-state index is 0.173. The minimum atomic E-state index is -0.576. The van der Waals surface area contributed by atoms with E-state index in [1.807, 2.05) is 44.2 Å². The zero-order valence-corrected chi connectivity index (χ0v) is 12.7. The average Bonchev–Trinajstić information content (AvgIpc) is 2.51. The number of hydroxylamine groups is 1. The van der Waals surface area contributed by atoms with Gasteiger partial charge in [0.05, 0.1) is 13.2 Å². The maximum absolute atomic E-state index is 11.9. The summed E-state index contributed by atoms with van der Waals surface area (Å²) in [5, 5.41) is 3.26. The third-order valence-electron chi connectivity index (χ3n) is 3.79. The van der Waals surface area contributed by atoms with E-state index >= 15 is 0 Å². The molecule has 1 heterocycles. The van der Waals surface area contributed by atoms with Gasteiger partial charge in [0, 0.05) is 12.6 Å². The molecule has 21 heavy (non-hydrogen) atoms. The van der Waals surface area contributed by atoms with Crippen molar-refractivity contribution in [1.82, 2.24) is 10.8 Å². The topological polar surface area (TPSA) is 59.6 Å². The number of carbonyl (C=O) groups is 1. The zero-order valence-electron chi connectivity index (χ0n) is 12.7. The first kappa shape index (κ1) is 15.9. The summed E-state index contributed by atoms with van der Waals surface area (Å²) in [6.07, 6.45) is 1.61. The molecule has 1 saturated heterocycles. The van der Waals surface area contributed by atoms with Crippen molar-refractivity contribution in [3.05, 3.63) is 35.9 Å². The van der Waals surface area contributed by atoms with E-state index in [1.165, 1.54) is 0 Å². The van der Waals surface area contributed by atoms with Crippen LogP contribution >= 0.6 is 0 Å². The summed E-state index contributed by atoms with van der Waals surface area (Å²) in [6.45, 7) is 5.35. The number of ether oxygens (including phenoxy) is 1. The van der Waals surface area contributed by atoms with E-state index in [0.717, 1.165) is 18.4 Å². The Hall–Kier alpha value is -1.43. The molecular weight excluding hydrogens is 268 g/mol. The molecule has 5 heteroatoms. The van der Waals surface area contributed by atoms with Gasteiger partial charge in [0.2, 0.25) is 0 Å². The molecule has 2 N–H and O–H groups in total. The third kappa shape index (κ3) is 4.52. The molecule has 0 unspecified atom stereocenters. The lowest BCUT2D eigenvalue weighted by Crippen LogP contribution is -2.58. The summed E-state index contributed by atoms with van der Waals surface area (Å²) >= 11 is 0. The molecule has 2 atom stereocenters. The van der Waals surface area contributed by atoms with E-state index in [0.29, 0.717) is 19.8 Å². The summed E-state index contributed by atoms with van der Waals surface area (Å²) in [5.41, 5.74) is 3.62. The van der Waals surface area contributed by atoms with Crippen LogP contribution in [0.4, 0.5) is 0 Å². The van der Waals surface area contributed by atoms with Crippen molar-refractivity contribution in [3.8, 4) is 0 Å². The van der Waals surface area contributed by atoms with E-state index in [4.69, 9.17) is 9.57 Å². The summed E-state index contributed by atoms with van der Waals surface area (Å²) in [7, 11) is 0. The van der Waals surface area contributed by atoms with Gasteiger partial charge >= 0.3 is 5.97 Å². The average molecular weight is 292 g/mol. The molecule has 0 saturated carbocycles. The van der Waals surface area contributed by atoms with E-state index < -0.39 is 5.54 Å². The fourth-order valence-electron chi connectivity index (χ4n) is 2.38. The molecule has 1 aromatic rings. The van der Waals surface area contributed by atoms with E-state index in [-0.39, 0.29) is 12.0 Å². The van der Waals surface area contributed by atoms with Gasteiger partial charge in [0.15, 0.2) is 0 Å². The number of esters is 1. The van der Waals surface area contributed by atoms with Crippen molar-refractivity contribution >= 4 is 5.97 Å². The Bertz CT molecular complexity index is 442. The lowest BCUT2D eigenvalue weighted by molar-refractivity contribution is -0.152. The standard InChI is InChI=1S/C16H24N2O3/c1-3-20-15(19)16(2)10-9-14(11-17-16)18-21-12-13-7-5-4-6-8-13/h4-8,14,17-18H,3,9-12H2,1-2H3/t14-,16+/m1/s1. The van der Waals surface area contributed by atoms with E-state index in [9.17, 15) is 4.79 Å². The lowest BCUT2D eigenvalue weighted by Gasteiger charge is -2.36. The predicted octanol–water partition coefficient (Wildman–Crippen LogP) is 1.78. The van der Waals surface area contributed by atoms with Gasteiger partial charge in [0.1, 0.15) is 5.54 Å². The second kappa shape index (κ2) is 7.54. The molecule has 0 amide bonds. The summed E-state index contributed by atoms with van der Waals surface area (Å²) in [5.74, 6) is -0.173. The highest BCUT2D eigenvalue weighted by atomic mass is 16.6. The Kier molecular flexibility index (Phi) is 5.73. The van der Waals surface area contributed by atoms with Gasteiger partial charge in [-0.25, -0.2) is 0 Å². The first-order valence-electron chi connectivity index (χ1n) is 7.47. The van der Waals surface area contributed by atoms with Crippen molar-refractivity contribution in [1.29, 1.82) is 0 Å². The minimum Gasteiger partial charge on any atom is -0.465 e. The Balaban J connectivity index is 1.70. The summed E-state index contributed by atoms with van der Waals surface area (Å²) < 4.78 is 5.11. The van der Waals surface area contributed by atoms with Crippen molar-refractivity contribution in [3.63, 3.8) is 0 Å². The largest absolute Gasteiger partial charge is 0.465 e. The van der Waals surface area contributed by atoms with Crippen molar-refractivity contribution in [2.45, 2.75) is 44.9 Å². The molecule has 1 aliphatic heterocycles. The molecular formula is C16H24N2O3. The Morgan fingerprint density at radius 3 is 2.81 bits per heavy atom. The zero-order chi connectivity index (χ0) is 15.1. The fraction of sp³-hybridized carbons (Fsp3) is 0.562. The Morgan fingerprint density at radius 2 is 2.19 bits per heavy atom. The van der Waals surface area contributed by atoms with Crippen molar-refractivity contribution in [2.75, 3.05) is 13.2 Å². The monoisotopic (exact) mass is 292 g/mol. The molecule has 0 spiro atoms. The maximum Gasteiger partial charge on any atom is 0.326 e. The first-order chi connectivity index (χ1) is 10.1. The molecule has 1 fully saturated rings. The highest BCUT2D eigenvalue weighted by molar-refractivity contribution is 5.80. The van der Waals surface area contributed by atoms with Gasteiger partial charge in [0.25, 0.3) is 0 Å². The third-order valence-corrected chi connectivity index (χ3v) is 3.79.